The van der Waals surface area contributed by atoms with E-state index in [0.29, 0.717) is 11.4 Å². The van der Waals surface area contributed by atoms with Gasteiger partial charge >= 0.3 is 0 Å². The smallest absolute Gasteiger partial charge is 0.192 e. The molecule has 0 aliphatic carbocycles. The summed E-state index contributed by atoms with van der Waals surface area (Å²) in [6.07, 6.45) is 2.53. The van der Waals surface area contributed by atoms with Gasteiger partial charge in [-0.1, -0.05) is 50.6 Å². The second-order valence-corrected chi connectivity index (χ2v) is 5.32. The Morgan fingerprint density at radius 2 is 2.00 bits per heavy atom. The van der Waals surface area contributed by atoms with E-state index in [-0.39, 0.29) is 17.6 Å². The van der Waals surface area contributed by atoms with Gasteiger partial charge in [0.2, 0.25) is 0 Å². The first-order valence-corrected chi connectivity index (χ1v) is 7.25. The van der Waals surface area contributed by atoms with Crippen molar-refractivity contribution in [3.8, 4) is 5.75 Å². The molecule has 2 unspecified atom stereocenters. The highest BCUT2D eigenvalue weighted by Gasteiger charge is 2.31. The van der Waals surface area contributed by atoms with Gasteiger partial charge in [0.05, 0.1) is 19.2 Å². The molecule has 0 bridgehead atoms. The van der Waals surface area contributed by atoms with Crippen LogP contribution in [0.5, 0.6) is 5.75 Å². The topological polar surface area (TPSA) is 44.1 Å². The molecule has 0 aliphatic rings. The molecule has 4 heteroatoms. The third-order valence-electron chi connectivity index (χ3n) is 4.01. The molecule has 2 aromatic rings. The maximum absolute atomic E-state index is 13.1. The van der Waals surface area contributed by atoms with E-state index in [0.717, 1.165) is 12.0 Å². The van der Waals surface area contributed by atoms with E-state index in [2.05, 4.69) is 18.9 Å². The monoisotopic (exact) mass is 286 g/mol. The van der Waals surface area contributed by atoms with Crippen molar-refractivity contribution >= 4 is 5.78 Å². The van der Waals surface area contributed by atoms with E-state index in [4.69, 9.17) is 4.74 Å². The van der Waals surface area contributed by atoms with Crippen LogP contribution in [0.3, 0.4) is 0 Å². The Morgan fingerprint density at radius 1 is 1.33 bits per heavy atom. The fraction of sp³-hybridized carbons (Fsp3) is 0.412. The zero-order chi connectivity index (χ0) is 15.4. The number of ether oxygens (including phenoxy) is 1. The van der Waals surface area contributed by atoms with Crippen molar-refractivity contribution in [2.45, 2.75) is 26.2 Å². The van der Waals surface area contributed by atoms with Gasteiger partial charge in [-0.05, 0) is 11.5 Å². The highest BCUT2D eigenvalue weighted by Crippen LogP contribution is 2.33. The van der Waals surface area contributed by atoms with Crippen LogP contribution in [0.1, 0.15) is 42.2 Å². The van der Waals surface area contributed by atoms with Crippen molar-refractivity contribution in [3.05, 3.63) is 47.8 Å². The predicted octanol–water partition coefficient (Wildman–Crippen LogP) is 3.44. The van der Waals surface area contributed by atoms with Gasteiger partial charge in [-0.3, -0.25) is 9.48 Å². The number of aryl methyl sites for hydroxylation is 1. The van der Waals surface area contributed by atoms with Gasteiger partial charge < -0.3 is 4.74 Å². The lowest BCUT2D eigenvalue weighted by Gasteiger charge is -2.22. The molecule has 1 heterocycles. The second-order valence-electron chi connectivity index (χ2n) is 5.32. The van der Waals surface area contributed by atoms with Crippen molar-refractivity contribution in [3.63, 3.8) is 0 Å². The summed E-state index contributed by atoms with van der Waals surface area (Å²) in [5, 5.41) is 4.14. The third kappa shape index (κ3) is 2.99. The van der Waals surface area contributed by atoms with Crippen LogP contribution in [0.4, 0.5) is 0 Å². The molecule has 4 nitrogen and oxygen atoms in total. The van der Waals surface area contributed by atoms with Crippen molar-refractivity contribution in [2.24, 2.45) is 13.0 Å². The lowest BCUT2D eigenvalue weighted by Crippen LogP contribution is -2.22. The molecule has 2 atom stereocenters. The number of benzene rings is 1. The molecule has 0 fully saturated rings. The normalized spacial score (nSPS) is 13.7. The summed E-state index contributed by atoms with van der Waals surface area (Å²) in [4.78, 5) is 13.1. The minimum absolute atomic E-state index is 0.0624. The standard InChI is InChI=1S/C17H22N2O2/c1-5-12(2)15(13-9-7-6-8-10-13)17(20)16-14(21-4)11-18-19(16)3/h6-12,15H,5H2,1-4H3. The number of Topliss-reactive ketones (excluding diaryl/α,β-unsaturated/α-hetero) is 1. The summed E-state index contributed by atoms with van der Waals surface area (Å²) in [5.41, 5.74) is 1.58. The second kappa shape index (κ2) is 6.57. The van der Waals surface area contributed by atoms with Gasteiger partial charge in [-0.25, -0.2) is 0 Å². The molecule has 112 valence electrons. The molecule has 0 amide bonds. The van der Waals surface area contributed by atoms with E-state index < -0.39 is 0 Å². The number of ketones is 1. The first-order valence-electron chi connectivity index (χ1n) is 7.25. The van der Waals surface area contributed by atoms with Gasteiger partial charge in [0.1, 0.15) is 5.69 Å². The minimum Gasteiger partial charge on any atom is -0.493 e. The van der Waals surface area contributed by atoms with Crippen LogP contribution in [0.25, 0.3) is 0 Å². The van der Waals surface area contributed by atoms with Gasteiger partial charge in [-0.2, -0.15) is 5.10 Å². The summed E-state index contributed by atoms with van der Waals surface area (Å²) in [6, 6.07) is 9.93. The van der Waals surface area contributed by atoms with E-state index in [1.807, 2.05) is 30.3 Å². The molecule has 21 heavy (non-hydrogen) atoms. The number of aromatic nitrogens is 2. The summed E-state index contributed by atoms with van der Waals surface area (Å²) in [5.74, 6) is 0.666. The Labute approximate surface area is 125 Å². The quantitative estimate of drug-likeness (QED) is 0.764. The lowest BCUT2D eigenvalue weighted by atomic mass is 9.81. The number of methoxy groups -OCH3 is 1. The van der Waals surface area contributed by atoms with Crippen molar-refractivity contribution in [2.75, 3.05) is 7.11 Å². The lowest BCUT2D eigenvalue weighted by molar-refractivity contribution is 0.0919. The van der Waals surface area contributed by atoms with Crippen LogP contribution in [0, 0.1) is 5.92 Å². The molecular formula is C17H22N2O2. The van der Waals surface area contributed by atoms with Crippen LogP contribution in [0.15, 0.2) is 36.5 Å². The minimum atomic E-state index is -0.180. The largest absolute Gasteiger partial charge is 0.493 e. The number of nitrogens with zero attached hydrogens (tertiary/aromatic N) is 2. The number of carbonyl (C=O) groups excluding carboxylic acids is 1. The van der Waals surface area contributed by atoms with Crippen molar-refractivity contribution in [1.82, 2.24) is 9.78 Å². The highest BCUT2D eigenvalue weighted by atomic mass is 16.5. The van der Waals surface area contributed by atoms with Crippen LogP contribution in [-0.2, 0) is 7.05 Å². The van der Waals surface area contributed by atoms with E-state index >= 15 is 0 Å². The molecule has 0 spiro atoms. The predicted molar refractivity (Wildman–Crippen MR) is 82.7 cm³/mol. The summed E-state index contributed by atoms with van der Waals surface area (Å²) >= 11 is 0. The van der Waals surface area contributed by atoms with Crippen molar-refractivity contribution in [1.29, 1.82) is 0 Å². The molecule has 0 N–H and O–H groups in total. The Balaban J connectivity index is 2.46. The molecule has 1 aromatic carbocycles. The van der Waals surface area contributed by atoms with Gasteiger partial charge in [-0.15, -0.1) is 0 Å². The first kappa shape index (κ1) is 15.3. The van der Waals surface area contributed by atoms with E-state index in [1.165, 1.54) is 0 Å². The van der Waals surface area contributed by atoms with Gasteiger partial charge in [0.25, 0.3) is 0 Å². The van der Waals surface area contributed by atoms with E-state index in [1.54, 1.807) is 25.0 Å². The van der Waals surface area contributed by atoms with Crippen LogP contribution in [-0.4, -0.2) is 22.7 Å². The number of hydrogen-bond donors (Lipinski definition) is 0. The van der Waals surface area contributed by atoms with Crippen LogP contribution in [0.2, 0.25) is 0 Å². The van der Waals surface area contributed by atoms with Crippen molar-refractivity contribution < 1.29 is 9.53 Å². The fourth-order valence-electron chi connectivity index (χ4n) is 2.63. The Kier molecular flexibility index (Phi) is 4.78. The first-order chi connectivity index (χ1) is 10.1. The van der Waals surface area contributed by atoms with Gasteiger partial charge in [0.15, 0.2) is 11.5 Å². The average Bonchev–Trinajstić information content (AvgIpc) is 2.89. The molecular weight excluding hydrogens is 264 g/mol. The average molecular weight is 286 g/mol. The fourth-order valence-corrected chi connectivity index (χ4v) is 2.63. The van der Waals surface area contributed by atoms with Crippen LogP contribution < -0.4 is 4.74 Å². The third-order valence-corrected chi connectivity index (χ3v) is 4.01. The number of carbonyl (C=O) groups is 1. The molecule has 1 aromatic heterocycles. The summed E-state index contributed by atoms with van der Waals surface area (Å²) in [7, 11) is 3.34. The molecule has 0 aliphatic heterocycles. The molecule has 0 radical (unpaired) electrons. The Morgan fingerprint density at radius 3 is 2.57 bits per heavy atom. The maximum atomic E-state index is 13.1. The Hall–Kier alpha value is -2.10. The number of rotatable bonds is 6. The molecule has 0 saturated heterocycles. The zero-order valence-electron chi connectivity index (χ0n) is 13.0. The highest BCUT2D eigenvalue weighted by molar-refractivity contribution is 6.01. The Bertz CT molecular complexity index is 605. The SMILES string of the molecule is CCC(C)C(C(=O)c1c(OC)cnn1C)c1ccccc1. The number of hydrogen-bond acceptors (Lipinski definition) is 3. The summed E-state index contributed by atoms with van der Waals surface area (Å²) < 4.78 is 6.88. The van der Waals surface area contributed by atoms with E-state index in [9.17, 15) is 4.79 Å². The van der Waals surface area contributed by atoms with Gasteiger partial charge in [0, 0.05) is 7.05 Å². The zero-order valence-corrected chi connectivity index (χ0v) is 13.0. The molecule has 0 saturated carbocycles. The van der Waals surface area contributed by atoms with Crippen LogP contribution >= 0.6 is 0 Å². The maximum Gasteiger partial charge on any atom is 0.192 e. The molecule has 2 rings (SSSR count). The summed E-state index contributed by atoms with van der Waals surface area (Å²) in [6.45, 7) is 4.22.